The molecular weight excluding hydrogens is 282 g/mol. The Morgan fingerprint density at radius 3 is 2.80 bits per heavy atom. The lowest BCUT2D eigenvalue weighted by molar-refractivity contribution is 0.272. The van der Waals surface area contributed by atoms with Crippen molar-refractivity contribution >= 4 is 17.4 Å². The van der Waals surface area contributed by atoms with Gasteiger partial charge >= 0.3 is 0 Å². The Kier molecular flexibility index (Phi) is 3.42. The van der Waals surface area contributed by atoms with Gasteiger partial charge in [-0.3, -0.25) is 0 Å². The van der Waals surface area contributed by atoms with E-state index in [1.165, 1.54) is 12.1 Å². The molecule has 2 aromatic heterocycles. The van der Waals surface area contributed by atoms with Crippen LogP contribution in [0.4, 0.5) is 8.78 Å². The van der Waals surface area contributed by atoms with E-state index in [4.69, 9.17) is 0 Å². The van der Waals surface area contributed by atoms with Crippen molar-refractivity contribution in [2.75, 3.05) is 0 Å². The molecule has 0 radical (unpaired) electrons. The maximum absolute atomic E-state index is 13.7. The summed E-state index contributed by atoms with van der Waals surface area (Å²) in [5, 5.41) is 9.97. The van der Waals surface area contributed by atoms with Gasteiger partial charge in [0.05, 0.1) is 12.3 Å². The van der Waals surface area contributed by atoms with E-state index >= 15 is 0 Å². The Morgan fingerprint density at radius 2 is 2.05 bits per heavy atom. The fourth-order valence-electron chi connectivity index (χ4n) is 1.91. The Labute approximate surface area is 117 Å². The lowest BCUT2D eigenvalue weighted by Crippen LogP contribution is -1.93. The normalized spacial score (nSPS) is 11.2. The van der Waals surface area contributed by atoms with E-state index in [0.29, 0.717) is 16.4 Å². The van der Waals surface area contributed by atoms with Gasteiger partial charge in [0, 0.05) is 17.2 Å². The molecule has 0 aliphatic heterocycles. The minimum atomic E-state index is -0.643. The van der Waals surface area contributed by atoms with E-state index in [0.717, 1.165) is 17.8 Å². The highest BCUT2D eigenvalue weighted by Crippen LogP contribution is 2.32. The van der Waals surface area contributed by atoms with Crippen LogP contribution in [-0.4, -0.2) is 14.5 Å². The number of aliphatic hydroxyl groups excluding tert-OH is 1. The van der Waals surface area contributed by atoms with E-state index in [9.17, 15) is 13.9 Å². The Bertz CT molecular complexity index is 773. The molecule has 0 spiro atoms. The van der Waals surface area contributed by atoms with E-state index < -0.39 is 11.6 Å². The van der Waals surface area contributed by atoms with Crippen molar-refractivity contribution in [2.24, 2.45) is 0 Å². The number of imidazole rings is 1. The van der Waals surface area contributed by atoms with E-state index in [1.807, 2.05) is 12.1 Å². The average Bonchev–Trinajstić information content (AvgIpc) is 2.79. The molecular formula is C14H10F2N2OS. The summed E-state index contributed by atoms with van der Waals surface area (Å²) in [5.41, 5.74) is 1.25. The molecule has 20 heavy (non-hydrogen) atoms. The van der Waals surface area contributed by atoms with Crippen LogP contribution in [-0.2, 0) is 6.61 Å². The molecule has 3 rings (SSSR count). The lowest BCUT2D eigenvalue weighted by atomic mass is 10.3. The molecule has 2 heterocycles. The number of halogens is 2. The van der Waals surface area contributed by atoms with Gasteiger partial charge in [0.15, 0.2) is 0 Å². The van der Waals surface area contributed by atoms with Crippen molar-refractivity contribution < 1.29 is 13.9 Å². The summed E-state index contributed by atoms with van der Waals surface area (Å²) in [7, 11) is 0. The predicted octanol–water partition coefficient (Wildman–Crippen LogP) is 3.26. The van der Waals surface area contributed by atoms with Crippen molar-refractivity contribution in [2.45, 2.75) is 16.5 Å². The summed E-state index contributed by atoms with van der Waals surface area (Å²) in [6.07, 6.45) is 1.78. The predicted molar refractivity (Wildman–Crippen MR) is 71.6 cm³/mol. The fraction of sp³-hybridized carbons (Fsp3) is 0.0714. The van der Waals surface area contributed by atoms with Crippen molar-refractivity contribution in [1.82, 2.24) is 9.38 Å². The molecule has 6 heteroatoms. The van der Waals surface area contributed by atoms with Crippen molar-refractivity contribution in [3.63, 3.8) is 0 Å². The van der Waals surface area contributed by atoms with Gasteiger partial charge in [-0.25, -0.2) is 13.8 Å². The third kappa shape index (κ3) is 2.28. The summed E-state index contributed by atoms with van der Waals surface area (Å²) in [6.45, 7) is -0.212. The molecule has 1 N–H and O–H groups in total. The second kappa shape index (κ2) is 5.22. The fourth-order valence-corrected chi connectivity index (χ4v) is 2.83. The zero-order valence-electron chi connectivity index (χ0n) is 10.3. The van der Waals surface area contributed by atoms with Gasteiger partial charge in [-0.1, -0.05) is 17.8 Å². The average molecular weight is 292 g/mol. The van der Waals surface area contributed by atoms with Gasteiger partial charge < -0.3 is 9.51 Å². The molecule has 0 aliphatic rings. The molecule has 3 aromatic rings. The van der Waals surface area contributed by atoms with Crippen LogP contribution < -0.4 is 0 Å². The van der Waals surface area contributed by atoms with Crippen LogP contribution in [0.1, 0.15) is 5.69 Å². The molecule has 0 amide bonds. The third-order valence-electron chi connectivity index (χ3n) is 2.84. The lowest BCUT2D eigenvalue weighted by Gasteiger charge is -2.03. The molecule has 1 aromatic carbocycles. The Hall–Kier alpha value is -1.92. The second-order valence-corrected chi connectivity index (χ2v) is 5.16. The Balaban J connectivity index is 2.06. The minimum absolute atomic E-state index is 0.212. The first kappa shape index (κ1) is 13.1. The topological polar surface area (TPSA) is 37.5 Å². The number of rotatable bonds is 3. The number of aliphatic hydroxyl groups is 1. The SMILES string of the molecule is OCc1c(Sc2ccc(F)cc2F)nc2ccccn12. The quantitative estimate of drug-likeness (QED) is 0.805. The monoisotopic (exact) mass is 292 g/mol. The second-order valence-electron chi connectivity index (χ2n) is 4.13. The van der Waals surface area contributed by atoms with Gasteiger partial charge in [-0.2, -0.15) is 0 Å². The van der Waals surface area contributed by atoms with Crippen LogP contribution in [0, 0.1) is 11.6 Å². The first-order chi connectivity index (χ1) is 9.69. The van der Waals surface area contributed by atoms with Gasteiger partial charge in [-0.05, 0) is 24.3 Å². The zero-order valence-corrected chi connectivity index (χ0v) is 11.1. The first-order valence-corrected chi connectivity index (χ1v) is 6.70. The number of aromatic nitrogens is 2. The first-order valence-electron chi connectivity index (χ1n) is 5.89. The van der Waals surface area contributed by atoms with Crippen LogP contribution in [0.3, 0.4) is 0 Å². The molecule has 0 aliphatic carbocycles. The van der Waals surface area contributed by atoms with Crippen molar-refractivity contribution in [3.8, 4) is 0 Å². The summed E-state index contributed by atoms with van der Waals surface area (Å²) in [4.78, 5) is 4.62. The smallest absolute Gasteiger partial charge is 0.140 e. The largest absolute Gasteiger partial charge is 0.390 e. The molecule has 0 unspecified atom stereocenters. The van der Waals surface area contributed by atoms with Crippen LogP contribution in [0.25, 0.3) is 5.65 Å². The number of hydrogen-bond acceptors (Lipinski definition) is 3. The summed E-state index contributed by atoms with van der Waals surface area (Å²) >= 11 is 1.07. The van der Waals surface area contributed by atoms with Gasteiger partial charge in [0.2, 0.25) is 0 Å². The standard InChI is InChI=1S/C14H10F2N2OS/c15-9-4-5-12(10(16)7-9)20-14-11(8-19)18-6-2-1-3-13(18)17-14/h1-7,19H,8H2. The maximum atomic E-state index is 13.7. The highest BCUT2D eigenvalue weighted by molar-refractivity contribution is 7.99. The molecule has 0 saturated carbocycles. The van der Waals surface area contributed by atoms with Crippen molar-refractivity contribution in [3.05, 3.63) is 59.9 Å². The van der Waals surface area contributed by atoms with E-state index in [1.54, 1.807) is 16.7 Å². The summed E-state index contributed by atoms with van der Waals surface area (Å²) < 4.78 is 28.3. The molecule has 0 fully saturated rings. The minimum Gasteiger partial charge on any atom is -0.390 e. The number of benzene rings is 1. The third-order valence-corrected chi connectivity index (χ3v) is 3.91. The van der Waals surface area contributed by atoms with Gasteiger partial charge in [0.1, 0.15) is 22.3 Å². The summed E-state index contributed by atoms with van der Waals surface area (Å²) in [5.74, 6) is -1.26. The van der Waals surface area contributed by atoms with Gasteiger partial charge in [0.25, 0.3) is 0 Å². The van der Waals surface area contributed by atoms with Crippen LogP contribution >= 0.6 is 11.8 Å². The molecule has 102 valence electrons. The summed E-state index contributed by atoms with van der Waals surface area (Å²) in [6, 6.07) is 8.83. The van der Waals surface area contributed by atoms with E-state index in [2.05, 4.69) is 4.98 Å². The zero-order chi connectivity index (χ0) is 14.1. The molecule has 0 saturated heterocycles. The van der Waals surface area contributed by atoms with Crippen LogP contribution in [0.15, 0.2) is 52.5 Å². The number of fused-ring (bicyclic) bond motifs is 1. The highest BCUT2D eigenvalue weighted by atomic mass is 32.2. The van der Waals surface area contributed by atoms with Gasteiger partial charge in [-0.15, -0.1) is 0 Å². The number of nitrogens with zero attached hydrogens (tertiary/aromatic N) is 2. The number of hydrogen-bond donors (Lipinski definition) is 1. The number of pyridine rings is 1. The van der Waals surface area contributed by atoms with Crippen LogP contribution in [0.2, 0.25) is 0 Å². The molecule has 0 bridgehead atoms. The van der Waals surface area contributed by atoms with E-state index in [-0.39, 0.29) is 11.5 Å². The highest BCUT2D eigenvalue weighted by Gasteiger charge is 2.14. The Morgan fingerprint density at radius 1 is 1.20 bits per heavy atom. The van der Waals surface area contributed by atoms with Crippen LogP contribution in [0.5, 0.6) is 0 Å². The molecule has 0 atom stereocenters. The van der Waals surface area contributed by atoms with Crippen molar-refractivity contribution in [1.29, 1.82) is 0 Å². The maximum Gasteiger partial charge on any atom is 0.140 e. The molecule has 3 nitrogen and oxygen atoms in total.